The van der Waals surface area contributed by atoms with Gasteiger partial charge in [-0.1, -0.05) is 23.7 Å². The van der Waals surface area contributed by atoms with Crippen molar-refractivity contribution in [3.63, 3.8) is 0 Å². The number of rotatable bonds is 5. The van der Waals surface area contributed by atoms with Crippen LogP contribution in [0.3, 0.4) is 0 Å². The molecule has 0 atom stereocenters. The molecule has 4 heteroatoms. The molecule has 0 bridgehead atoms. The van der Waals surface area contributed by atoms with E-state index in [-0.39, 0.29) is 5.02 Å². The summed E-state index contributed by atoms with van der Waals surface area (Å²) in [6.07, 6.45) is 2.48. The quantitative estimate of drug-likeness (QED) is 0.883. The summed E-state index contributed by atoms with van der Waals surface area (Å²) in [5.74, 6) is 0.422. The number of nitrogens with one attached hydrogen (secondary N) is 1. The van der Waals surface area contributed by atoms with Gasteiger partial charge in [-0.05, 0) is 53.8 Å². The Morgan fingerprint density at radius 2 is 2.05 bits per heavy atom. The van der Waals surface area contributed by atoms with Crippen molar-refractivity contribution in [1.82, 2.24) is 5.32 Å². The predicted molar refractivity (Wildman–Crippen MR) is 83.3 cm³/mol. The fourth-order valence-corrected chi connectivity index (χ4v) is 2.51. The summed E-state index contributed by atoms with van der Waals surface area (Å²) in [5, 5.41) is 3.64. The van der Waals surface area contributed by atoms with Gasteiger partial charge in [-0.3, -0.25) is 0 Å². The molecule has 0 heterocycles. The molecule has 1 aliphatic rings. The lowest BCUT2D eigenvalue weighted by Gasteiger charge is -2.13. The second kappa shape index (κ2) is 6.04. The first-order chi connectivity index (χ1) is 10.2. The molecule has 0 spiro atoms. The molecule has 110 valence electrons. The minimum Gasteiger partial charge on any atom is -0.497 e. The van der Waals surface area contributed by atoms with Gasteiger partial charge in [0.1, 0.15) is 11.6 Å². The SMILES string of the molecule is COc1ccc(-c2ccc(F)c(Cl)c2)c(CNC2CC2)c1. The molecule has 1 N–H and O–H groups in total. The average molecular weight is 306 g/mol. The van der Waals surface area contributed by atoms with Crippen LogP contribution in [-0.2, 0) is 6.54 Å². The van der Waals surface area contributed by atoms with Crippen molar-refractivity contribution in [1.29, 1.82) is 0 Å². The van der Waals surface area contributed by atoms with Gasteiger partial charge >= 0.3 is 0 Å². The Balaban J connectivity index is 1.96. The molecular weight excluding hydrogens is 289 g/mol. The fraction of sp³-hybridized carbons (Fsp3) is 0.294. The molecule has 1 fully saturated rings. The Bertz CT molecular complexity index is 655. The molecule has 2 aromatic rings. The molecule has 0 aliphatic heterocycles. The van der Waals surface area contributed by atoms with E-state index in [1.165, 1.54) is 18.9 Å². The van der Waals surface area contributed by atoms with Crippen LogP contribution in [0.1, 0.15) is 18.4 Å². The van der Waals surface area contributed by atoms with Crippen molar-refractivity contribution in [2.75, 3.05) is 7.11 Å². The molecule has 2 aromatic carbocycles. The van der Waals surface area contributed by atoms with Gasteiger partial charge in [0.05, 0.1) is 12.1 Å². The minimum absolute atomic E-state index is 0.143. The highest BCUT2D eigenvalue weighted by Gasteiger charge is 2.20. The van der Waals surface area contributed by atoms with Crippen LogP contribution >= 0.6 is 11.6 Å². The van der Waals surface area contributed by atoms with Gasteiger partial charge in [0.25, 0.3) is 0 Å². The van der Waals surface area contributed by atoms with Crippen molar-refractivity contribution < 1.29 is 9.13 Å². The van der Waals surface area contributed by atoms with E-state index in [9.17, 15) is 4.39 Å². The lowest BCUT2D eigenvalue weighted by molar-refractivity contribution is 0.414. The second-order valence-corrected chi connectivity index (χ2v) is 5.71. The molecule has 3 rings (SSSR count). The van der Waals surface area contributed by atoms with Crippen LogP contribution in [0.25, 0.3) is 11.1 Å². The number of benzene rings is 2. The Hall–Kier alpha value is -1.58. The van der Waals surface area contributed by atoms with Crippen LogP contribution in [0.2, 0.25) is 5.02 Å². The van der Waals surface area contributed by atoms with E-state index in [2.05, 4.69) is 5.32 Å². The summed E-state index contributed by atoms with van der Waals surface area (Å²) in [4.78, 5) is 0. The molecule has 0 radical (unpaired) electrons. The third-order valence-electron chi connectivity index (χ3n) is 3.70. The Morgan fingerprint density at radius 3 is 2.71 bits per heavy atom. The van der Waals surface area contributed by atoms with Crippen LogP contribution in [0.4, 0.5) is 4.39 Å². The van der Waals surface area contributed by atoms with Crippen molar-refractivity contribution in [2.24, 2.45) is 0 Å². The number of halogens is 2. The topological polar surface area (TPSA) is 21.3 Å². The normalized spacial score (nSPS) is 14.2. The zero-order valence-electron chi connectivity index (χ0n) is 11.8. The van der Waals surface area contributed by atoms with Crippen molar-refractivity contribution >= 4 is 11.6 Å². The van der Waals surface area contributed by atoms with Crippen LogP contribution in [-0.4, -0.2) is 13.2 Å². The van der Waals surface area contributed by atoms with E-state index in [1.54, 1.807) is 19.2 Å². The Morgan fingerprint density at radius 1 is 1.24 bits per heavy atom. The van der Waals surface area contributed by atoms with E-state index in [4.69, 9.17) is 16.3 Å². The van der Waals surface area contributed by atoms with Gasteiger partial charge in [-0.2, -0.15) is 0 Å². The summed E-state index contributed by atoms with van der Waals surface area (Å²) in [6, 6.07) is 11.4. The molecule has 0 saturated heterocycles. The van der Waals surface area contributed by atoms with Crippen LogP contribution < -0.4 is 10.1 Å². The lowest BCUT2D eigenvalue weighted by Crippen LogP contribution is -2.16. The number of hydrogen-bond donors (Lipinski definition) is 1. The highest BCUT2D eigenvalue weighted by atomic mass is 35.5. The van der Waals surface area contributed by atoms with Gasteiger partial charge in [0.2, 0.25) is 0 Å². The zero-order valence-corrected chi connectivity index (χ0v) is 12.6. The maximum atomic E-state index is 13.3. The largest absolute Gasteiger partial charge is 0.497 e. The van der Waals surface area contributed by atoms with Crippen molar-refractivity contribution in [3.8, 4) is 16.9 Å². The summed E-state index contributed by atoms with van der Waals surface area (Å²) < 4.78 is 18.6. The Labute approximate surface area is 128 Å². The first-order valence-electron chi connectivity index (χ1n) is 7.03. The van der Waals surface area contributed by atoms with Crippen LogP contribution in [0.5, 0.6) is 5.75 Å². The van der Waals surface area contributed by atoms with E-state index >= 15 is 0 Å². The van der Waals surface area contributed by atoms with Gasteiger partial charge in [-0.15, -0.1) is 0 Å². The standard InChI is InChI=1S/C17H17ClFNO/c1-21-14-5-6-15(11-2-7-17(19)16(18)9-11)12(8-14)10-20-13-3-4-13/h2,5-9,13,20H,3-4,10H2,1H3. The van der Waals surface area contributed by atoms with Crippen molar-refractivity contribution in [3.05, 3.63) is 52.8 Å². The van der Waals surface area contributed by atoms with Gasteiger partial charge in [0, 0.05) is 12.6 Å². The average Bonchev–Trinajstić information content (AvgIpc) is 3.32. The minimum atomic E-state index is -0.397. The molecule has 0 unspecified atom stereocenters. The number of hydrogen-bond acceptors (Lipinski definition) is 2. The summed E-state index contributed by atoms with van der Waals surface area (Å²) >= 11 is 5.90. The monoisotopic (exact) mass is 305 g/mol. The lowest BCUT2D eigenvalue weighted by atomic mass is 9.99. The van der Waals surface area contributed by atoms with Crippen LogP contribution in [0, 0.1) is 5.82 Å². The number of ether oxygens (including phenoxy) is 1. The summed E-state index contributed by atoms with van der Waals surface area (Å²) in [5.41, 5.74) is 3.09. The van der Waals surface area contributed by atoms with Gasteiger partial charge in [0.15, 0.2) is 0 Å². The first kappa shape index (κ1) is 14.4. The highest BCUT2D eigenvalue weighted by molar-refractivity contribution is 6.31. The molecule has 0 aromatic heterocycles. The van der Waals surface area contributed by atoms with Crippen molar-refractivity contribution in [2.45, 2.75) is 25.4 Å². The molecule has 1 aliphatic carbocycles. The molecular formula is C17H17ClFNO. The third-order valence-corrected chi connectivity index (χ3v) is 3.99. The van der Waals surface area contributed by atoms with E-state index in [0.29, 0.717) is 6.04 Å². The fourth-order valence-electron chi connectivity index (χ4n) is 2.33. The molecule has 21 heavy (non-hydrogen) atoms. The third kappa shape index (κ3) is 3.36. The molecule has 1 saturated carbocycles. The number of methoxy groups -OCH3 is 1. The summed E-state index contributed by atoms with van der Waals surface area (Å²) in [6.45, 7) is 0.770. The molecule has 0 amide bonds. The zero-order chi connectivity index (χ0) is 14.8. The smallest absolute Gasteiger partial charge is 0.141 e. The predicted octanol–water partition coefficient (Wildman–Crippen LogP) is 4.41. The van der Waals surface area contributed by atoms with E-state index in [1.807, 2.05) is 18.2 Å². The maximum Gasteiger partial charge on any atom is 0.141 e. The van der Waals surface area contributed by atoms with Gasteiger partial charge < -0.3 is 10.1 Å². The Kier molecular flexibility index (Phi) is 4.13. The van der Waals surface area contributed by atoms with Crippen LogP contribution in [0.15, 0.2) is 36.4 Å². The summed E-state index contributed by atoms with van der Waals surface area (Å²) in [7, 11) is 1.65. The maximum absolute atomic E-state index is 13.3. The second-order valence-electron chi connectivity index (χ2n) is 5.31. The van der Waals surface area contributed by atoms with E-state index in [0.717, 1.165) is 29.0 Å². The highest BCUT2D eigenvalue weighted by Crippen LogP contribution is 2.31. The molecule has 2 nitrogen and oxygen atoms in total. The van der Waals surface area contributed by atoms with E-state index < -0.39 is 5.82 Å². The first-order valence-corrected chi connectivity index (χ1v) is 7.41. The van der Waals surface area contributed by atoms with Gasteiger partial charge in [-0.25, -0.2) is 4.39 Å².